The van der Waals surface area contributed by atoms with Crippen molar-refractivity contribution in [3.63, 3.8) is 0 Å². The van der Waals surface area contributed by atoms with E-state index in [-0.39, 0.29) is 16.8 Å². The Balaban J connectivity index is 0.0000000900. The molecular weight excluding hydrogens is 99.0 g/mol. The van der Waals surface area contributed by atoms with Crippen molar-refractivity contribution in [1.29, 1.82) is 0 Å². The Morgan fingerprint density at radius 2 is 1.50 bits per heavy atom. The molecule has 27 valence electrons. The summed E-state index contributed by atoms with van der Waals surface area (Å²) in [6, 6.07) is 0. The van der Waals surface area contributed by atoms with Gasteiger partial charge in [-0.25, -0.2) is 0 Å². The molecular formula is C2H4CoO. The van der Waals surface area contributed by atoms with Crippen LogP contribution in [-0.4, -0.2) is 13.2 Å². The second-order valence-corrected chi connectivity index (χ2v) is 0.612. The maximum atomic E-state index is 4.50. The van der Waals surface area contributed by atoms with E-state index in [9.17, 15) is 0 Å². The predicted octanol–water partition coefficient (Wildman–Crippen LogP) is 0.0141. The fraction of sp³-hybridized carbons (Fsp3) is 1.00. The van der Waals surface area contributed by atoms with Crippen molar-refractivity contribution in [1.82, 2.24) is 0 Å². The molecule has 1 nitrogen and oxygen atoms in total. The molecule has 0 spiro atoms. The van der Waals surface area contributed by atoms with Crippen LogP contribution < -0.4 is 0 Å². The molecule has 1 radical (unpaired) electrons. The van der Waals surface area contributed by atoms with Gasteiger partial charge in [0.05, 0.1) is 13.2 Å². The maximum absolute atomic E-state index is 4.50. The van der Waals surface area contributed by atoms with E-state index in [1.54, 1.807) is 0 Å². The molecule has 0 aliphatic carbocycles. The summed E-state index contributed by atoms with van der Waals surface area (Å²) >= 11 is 0. The molecule has 0 aromatic carbocycles. The van der Waals surface area contributed by atoms with Gasteiger partial charge >= 0.3 is 0 Å². The molecule has 1 fully saturated rings. The number of hydrogen-bond acceptors (Lipinski definition) is 1. The molecule has 0 unspecified atom stereocenters. The monoisotopic (exact) mass is 103 g/mol. The SMILES string of the molecule is C1CO1.[Co]. The summed E-state index contributed by atoms with van der Waals surface area (Å²) in [5.41, 5.74) is 0. The number of epoxide rings is 1. The minimum atomic E-state index is 0. The predicted molar refractivity (Wildman–Crippen MR) is 10.8 cm³/mol. The van der Waals surface area contributed by atoms with Gasteiger partial charge in [-0.1, -0.05) is 0 Å². The molecule has 0 aromatic rings. The average molecular weight is 103 g/mol. The molecule has 0 aromatic heterocycles. The minimum Gasteiger partial charge on any atom is -0.377 e. The van der Waals surface area contributed by atoms with Gasteiger partial charge in [-0.05, 0) is 0 Å². The van der Waals surface area contributed by atoms with Crippen LogP contribution in [0, 0.1) is 0 Å². The summed E-state index contributed by atoms with van der Waals surface area (Å²) in [6.45, 7) is 2.00. The van der Waals surface area contributed by atoms with E-state index in [1.165, 1.54) is 0 Å². The topological polar surface area (TPSA) is 12.5 Å². The van der Waals surface area contributed by atoms with Gasteiger partial charge in [0.25, 0.3) is 0 Å². The normalized spacial score (nSPS) is 18.0. The molecule has 2 heteroatoms. The first kappa shape index (κ1) is 4.47. The molecule has 0 amide bonds. The van der Waals surface area contributed by atoms with E-state index in [0.29, 0.717) is 0 Å². The third-order valence-corrected chi connectivity index (χ3v) is 0.204. The quantitative estimate of drug-likeness (QED) is 0.393. The zero-order valence-corrected chi connectivity index (χ0v) is 3.20. The maximum Gasteiger partial charge on any atom is 0.0701 e. The number of ether oxygens (including phenoxy) is 1. The molecule has 0 atom stereocenters. The van der Waals surface area contributed by atoms with Crippen LogP contribution in [0.2, 0.25) is 0 Å². The number of rotatable bonds is 0. The summed E-state index contributed by atoms with van der Waals surface area (Å²) in [7, 11) is 0. The van der Waals surface area contributed by atoms with E-state index in [4.69, 9.17) is 0 Å². The van der Waals surface area contributed by atoms with Crippen molar-refractivity contribution in [3.05, 3.63) is 0 Å². The van der Waals surface area contributed by atoms with Crippen LogP contribution in [-0.2, 0) is 21.5 Å². The van der Waals surface area contributed by atoms with Gasteiger partial charge in [-0.2, -0.15) is 0 Å². The third kappa shape index (κ3) is 2.47. The van der Waals surface area contributed by atoms with Gasteiger partial charge in [0, 0.05) is 16.8 Å². The Bertz CT molecular complexity index is 10.8. The summed E-state index contributed by atoms with van der Waals surface area (Å²) < 4.78 is 4.50. The summed E-state index contributed by atoms with van der Waals surface area (Å²) in [6.07, 6.45) is 0. The molecule has 0 bridgehead atoms. The summed E-state index contributed by atoms with van der Waals surface area (Å²) in [5.74, 6) is 0. The fourth-order valence-electron chi connectivity index (χ4n) is 0. The zero-order chi connectivity index (χ0) is 2.12. The van der Waals surface area contributed by atoms with Crippen LogP contribution in [0.4, 0.5) is 0 Å². The van der Waals surface area contributed by atoms with Crippen LogP contribution in [0.5, 0.6) is 0 Å². The first-order chi connectivity index (χ1) is 1.50. The van der Waals surface area contributed by atoms with Crippen LogP contribution in [0.3, 0.4) is 0 Å². The average Bonchev–Trinajstić information content (AvgIpc) is 1.46. The molecule has 1 aliphatic rings. The molecule has 0 N–H and O–H groups in total. The van der Waals surface area contributed by atoms with Crippen LogP contribution in [0.1, 0.15) is 0 Å². The molecule has 1 heterocycles. The Hall–Kier alpha value is 0.466. The van der Waals surface area contributed by atoms with Crippen LogP contribution in [0.25, 0.3) is 0 Å². The van der Waals surface area contributed by atoms with Gasteiger partial charge < -0.3 is 4.74 Å². The third-order valence-electron chi connectivity index (χ3n) is 0.204. The first-order valence-corrected chi connectivity index (χ1v) is 1.08. The van der Waals surface area contributed by atoms with Crippen LogP contribution >= 0.6 is 0 Å². The Morgan fingerprint density at radius 3 is 1.50 bits per heavy atom. The zero-order valence-electron chi connectivity index (χ0n) is 2.16. The Labute approximate surface area is 35.5 Å². The van der Waals surface area contributed by atoms with E-state index >= 15 is 0 Å². The second kappa shape index (κ2) is 1.75. The van der Waals surface area contributed by atoms with E-state index < -0.39 is 0 Å². The van der Waals surface area contributed by atoms with E-state index in [1.807, 2.05) is 0 Å². The molecule has 4 heavy (non-hydrogen) atoms. The summed E-state index contributed by atoms with van der Waals surface area (Å²) in [4.78, 5) is 0. The molecule has 0 saturated carbocycles. The second-order valence-electron chi connectivity index (χ2n) is 0.612. The molecule has 1 rings (SSSR count). The van der Waals surface area contributed by atoms with Crippen molar-refractivity contribution < 1.29 is 21.5 Å². The van der Waals surface area contributed by atoms with Gasteiger partial charge in [0.1, 0.15) is 0 Å². The van der Waals surface area contributed by atoms with Gasteiger partial charge in [-0.3, -0.25) is 0 Å². The smallest absolute Gasteiger partial charge is 0.0701 e. The van der Waals surface area contributed by atoms with Crippen molar-refractivity contribution in [2.24, 2.45) is 0 Å². The fourth-order valence-corrected chi connectivity index (χ4v) is 0. The summed E-state index contributed by atoms with van der Waals surface area (Å²) in [5, 5.41) is 0. The first-order valence-electron chi connectivity index (χ1n) is 1.08. The number of hydrogen-bond donors (Lipinski definition) is 0. The Morgan fingerprint density at radius 1 is 1.25 bits per heavy atom. The van der Waals surface area contributed by atoms with Crippen molar-refractivity contribution in [3.8, 4) is 0 Å². The van der Waals surface area contributed by atoms with Crippen molar-refractivity contribution in [2.45, 2.75) is 0 Å². The van der Waals surface area contributed by atoms with Crippen LogP contribution in [0.15, 0.2) is 0 Å². The van der Waals surface area contributed by atoms with E-state index in [2.05, 4.69) is 4.74 Å². The largest absolute Gasteiger partial charge is 0.377 e. The van der Waals surface area contributed by atoms with Gasteiger partial charge in [0.15, 0.2) is 0 Å². The molecule has 1 saturated heterocycles. The minimum absolute atomic E-state index is 0. The van der Waals surface area contributed by atoms with Crippen molar-refractivity contribution >= 4 is 0 Å². The van der Waals surface area contributed by atoms with Gasteiger partial charge in [-0.15, -0.1) is 0 Å². The standard InChI is InChI=1S/C2H4O.Co/c1-2-3-1;/h1-2H2;. The molecule has 1 aliphatic heterocycles. The van der Waals surface area contributed by atoms with Gasteiger partial charge in [0.2, 0.25) is 0 Å². The van der Waals surface area contributed by atoms with Crippen molar-refractivity contribution in [2.75, 3.05) is 13.2 Å². The van der Waals surface area contributed by atoms with E-state index in [0.717, 1.165) is 13.2 Å². The Kier molecular flexibility index (Phi) is 1.96.